The summed E-state index contributed by atoms with van der Waals surface area (Å²) in [6, 6.07) is -0.153. The third-order valence-electron chi connectivity index (χ3n) is 2.45. The van der Waals surface area contributed by atoms with Crippen LogP contribution in [0.5, 0.6) is 0 Å². The fourth-order valence-electron chi connectivity index (χ4n) is 1.41. The molecule has 1 atom stereocenters. The Hall–Kier alpha value is -0.610. The van der Waals surface area contributed by atoms with Crippen LogP contribution in [0.4, 0.5) is 0 Å². The van der Waals surface area contributed by atoms with E-state index in [1.807, 2.05) is 27.7 Å². The number of hydrogen-bond donors (Lipinski definition) is 2. The van der Waals surface area contributed by atoms with Crippen molar-refractivity contribution in [3.63, 3.8) is 0 Å². The first-order valence-corrected chi connectivity index (χ1v) is 7.00. The normalized spacial score (nSPS) is 13.4. The minimum Gasteiger partial charge on any atom is -0.381 e. The van der Waals surface area contributed by atoms with E-state index in [0.717, 1.165) is 32.6 Å². The molecule has 1 amide bonds. The van der Waals surface area contributed by atoms with Crippen molar-refractivity contribution in [2.75, 3.05) is 19.8 Å². The SMILES string of the molecule is CCCCOCCCNC(C)C(=O)NC(C)(C)C. The average Bonchev–Trinajstić information content (AvgIpc) is 2.25. The summed E-state index contributed by atoms with van der Waals surface area (Å²) in [6.07, 6.45) is 3.23. The summed E-state index contributed by atoms with van der Waals surface area (Å²) in [5.41, 5.74) is -0.170. The highest BCUT2D eigenvalue weighted by atomic mass is 16.5. The Morgan fingerprint density at radius 1 is 1.22 bits per heavy atom. The van der Waals surface area contributed by atoms with Gasteiger partial charge in [0.2, 0.25) is 5.91 Å². The summed E-state index contributed by atoms with van der Waals surface area (Å²) < 4.78 is 5.46. The van der Waals surface area contributed by atoms with Gasteiger partial charge in [0.25, 0.3) is 0 Å². The number of rotatable bonds is 9. The highest BCUT2D eigenvalue weighted by Crippen LogP contribution is 1.99. The maximum absolute atomic E-state index is 11.8. The van der Waals surface area contributed by atoms with Gasteiger partial charge in [-0.05, 0) is 47.1 Å². The lowest BCUT2D eigenvalue weighted by atomic mass is 10.1. The molecule has 0 saturated carbocycles. The highest BCUT2D eigenvalue weighted by Gasteiger charge is 2.18. The van der Waals surface area contributed by atoms with Crippen LogP contribution < -0.4 is 10.6 Å². The zero-order chi connectivity index (χ0) is 14.0. The van der Waals surface area contributed by atoms with E-state index in [-0.39, 0.29) is 17.5 Å². The monoisotopic (exact) mass is 258 g/mol. The summed E-state index contributed by atoms with van der Waals surface area (Å²) in [5.74, 6) is 0.0504. The molecule has 2 N–H and O–H groups in total. The van der Waals surface area contributed by atoms with Gasteiger partial charge >= 0.3 is 0 Å². The standard InChI is InChI=1S/C14H30N2O2/c1-6-7-10-18-11-8-9-15-12(2)13(17)16-14(3,4)5/h12,15H,6-11H2,1-5H3,(H,16,17). The Morgan fingerprint density at radius 2 is 1.83 bits per heavy atom. The largest absolute Gasteiger partial charge is 0.381 e. The molecule has 0 radical (unpaired) electrons. The Balaban J connectivity index is 3.52. The molecular weight excluding hydrogens is 228 g/mol. The van der Waals surface area contributed by atoms with Gasteiger partial charge in [0.15, 0.2) is 0 Å². The van der Waals surface area contributed by atoms with Crippen molar-refractivity contribution in [3.05, 3.63) is 0 Å². The van der Waals surface area contributed by atoms with Crippen LogP contribution in [0.3, 0.4) is 0 Å². The maximum atomic E-state index is 11.8. The molecule has 0 spiro atoms. The lowest BCUT2D eigenvalue weighted by Crippen LogP contribution is -2.49. The van der Waals surface area contributed by atoms with E-state index in [1.165, 1.54) is 6.42 Å². The molecule has 0 aliphatic carbocycles. The smallest absolute Gasteiger partial charge is 0.237 e. The molecule has 0 bridgehead atoms. The van der Waals surface area contributed by atoms with Crippen LogP contribution in [0.25, 0.3) is 0 Å². The van der Waals surface area contributed by atoms with Crippen molar-refractivity contribution >= 4 is 5.91 Å². The molecule has 0 saturated heterocycles. The van der Waals surface area contributed by atoms with Crippen LogP contribution in [-0.2, 0) is 9.53 Å². The molecule has 0 aromatic carbocycles. The first kappa shape index (κ1) is 17.4. The van der Waals surface area contributed by atoms with Gasteiger partial charge < -0.3 is 15.4 Å². The second kappa shape index (κ2) is 9.34. The van der Waals surface area contributed by atoms with E-state index in [0.29, 0.717) is 0 Å². The molecule has 1 unspecified atom stereocenters. The van der Waals surface area contributed by atoms with Gasteiger partial charge in [0, 0.05) is 18.8 Å². The lowest BCUT2D eigenvalue weighted by molar-refractivity contribution is -0.124. The van der Waals surface area contributed by atoms with Crippen molar-refractivity contribution in [2.45, 2.75) is 65.5 Å². The third kappa shape index (κ3) is 10.5. The number of unbranched alkanes of at least 4 members (excludes halogenated alkanes) is 1. The van der Waals surface area contributed by atoms with Gasteiger partial charge in [-0.3, -0.25) is 4.79 Å². The van der Waals surface area contributed by atoms with Gasteiger partial charge in [-0.2, -0.15) is 0 Å². The summed E-state index contributed by atoms with van der Waals surface area (Å²) >= 11 is 0. The molecule has 0 fully saturated rings. The van der Waals surface area contributed by atoms with E-state index in [4.69, 9.17) is 4.74 Å². The van der Waals surface area contributed by atoms with Crippen molar-refractivity contribution < 1.29 is 9.53 Å². The maximum Gasteiger partial charge on any atom is 0.237 e. The number of ether oxygens (including phenoxy) is 1. The Bertz CT molecular complexity index is 224. The summed E-state index contributed by atoms with van der Waals surface area (Å²) in [5, 5.41) is 6.16. The van der Waals surface area contributed by atoms with Crippen LogP contribution in [0.15, 0.2) is 0 Å². The quantitative estimate of drug-likeness (QED) is 0.623. The molecule has 108 valence electrons. The van der Waals surface area contributed by atoms with Crippen molar-refractivity contribution in [3.8, 4) is 0 Å². The van der Waals surface area contributed by atoms with Gasteiger partial charge in [-0.25, -0.2) is 0 Å². The third-order valence-corrected chi connectivity index (χ3v) is 2.45. The van der Waals surface area contributed by atoms with Gasteiger partial charge in [-0.1, -0.05) is 13.3 Å². The number of carbonyl (C=O) groups excluding carboxylic acids is 1. The number of carbonyl (C=O) groups is 1. The molecule has 4 heteroatoms. The fourth-order valence-corrected chi connectivity index (χ4v) is 1.41. The molecule has 0 aromatic rings. The zero-order valence-corrected chi connectivity index (χ0v) is 12.6. The molecule has 4 nitrogen and oxygen atoms in total. The minimum atomic E-state index is -0.170. The molecule has 0 aliphatic rings. The highest BCUT2D eigenvalue weighted by molar-refractivity contribution is 5.81. The molecule has 18 heavy (non-hydrogen) atoms. The number of hydrogen-bond acceptors (Lipinski definition) is 3. The van der Waals surface area contributed by atoms with E-state index >= 15 is 0 Å². The predicted octanol–water partition coefficient (Wildman–Crippen LogP) is 2.09. The second-order valence-electron chi connectivity index (χ2n) is 5.73. The van der Waals surface area contributed by atoms with Gasteiger partial charge in [0.1, 0.15) is 0 Å². The van der Waals surface area contributed by atoms with Crippen molar-refractivity contribution in [2.24, 2.45) is 0 Å². The van der Waals surface area contributed by atoms with Crippen LogP contribution >= 0.6 is 0 Å². The fraction of sp³-hybridized carbons (Fsp3) is 0.929. The van der Waals surface area contributed by atoms with Crippen LogP contribution in [0.1, 0.15) is 53.9 Å². The Labute approximate surface area is 112 Å². The van der Waals surface area contributed by atoms with Gasteiger partial charge in [-0.15, -0.1) is 0 Å². The lowest BCUT2D eigenvalue weighted by Gasteiger charge is -2.23. The second-order valence-corrected chi connectivity index (χ2v) is 5.73. The summed E-state index contributed by atoms with van der Waals surface area (Å²) in [6.45, 7) is 12.4. The predicted molar refractivity (Wildman–Crippen MR) is 75.7 cm³/mol. The summed E-state index contributed by atoms with van der Waals surface area (Å²) in [7, 11) is 0. The molecular formula is C14H30N2O2. The minimum absolute atomic E-state index is 0.0504. The first-order chi connectivity index (χ1) is 8.37. The van der Waals surface area contributed by atoms with E-state index in [1.54, 1.807) is 0 Å². The Kier molecular flexibility index (Phi) is 9.02. The number of nitrogens with one attached hydrogen (secondary N) is 2. The van der Waals surface area contributed by atoms with Crippen LogP contribution in [-0.4, -0.2) is 37.2 Å². The van der Waals surface area contributed by atoms with Crippen LogP contribution in [0, 0.1) is 0 Å². The van der Waals surface area contributed by atoms with Crippen LogP contribution in [0.2, 0.25) is 0 Å². The average molecular weight is 258 g/mol. The van der Waals surface area contributed by atoms with E-state index in [9.17, 15) is 4.79 Å². The van der Waals surface area contributed by atoms with E-state index in [2.05, 4.69) is 17.6 Å². The van der Waals surface area contributed by atoms with E-state index < -0.39 is 0 Å². The Morgan fingerprint density at radius 3 is 2.39 bits per heavy atom. The topological polar surface area (TPSA) is 50.4 Å². The molecule has 0 heterocycles. The first-order valence-electron chi connectivity index (χ1n) is 7.00. The molecule has 0 aliphatic heterocycles. The van der Waals surface area contributed by atoms with Crippen molar-refractivity contribution in [1.29, 1.82) is 0 Å². The molecule has 0 aromatic heterocycles. The summed E-state index contributed by atoms with van der Waals surface area (Å²) in [4.78, 5) is 11.8. The number of amides is 1. The molecule has 0 rings (SSSR count). The van der Waals surface area contributed by atoms with Gasteiger partial charge in [0.05, 0.1) is 6.04 Å². The van der Waals surface area contributed by atoms with Crippen molar-refractivity contribution in [1.82, 2.24) is 10.6 Å². The zero-order valence-electron chi connectivity index (χ0n) is 12.6.